The predicted molar refractivity (Wildman–Crippen MR) is 96.5 cm³/mol. The number of carbonyl (C=O) groups is 1. The summed E-state index contributed by atoms with van der Waals surface area (Å²) in [5.74, 6) is -0.000838. The number of H-pyrrole nitrogens is 1. The number of aliphatic hydroxyl groups is 1. The number of rotatable bonds is 3. The van der Waals surface area contributed by atoms with Crippen LogP contribution in [0.1, 0.15) is 37.3 Å². The molecule has 5 atom stereocenters. The Morgan fingerprint density at radius 1 is 1.40 bits per heavy atom. The van der Waals surface area contributed by atoms with Crippen LogP contribution in [0.2, 0.25) is 0 Å². The number of carbonyl (C=O) groups excluding carboxylic acids is 1. The highest BCUT2D eigenvalue weighted by molar-refractivity contribution is 5.88. The first-order valence-corrected chi connectivity index (χ1v) is 9.13. The van der Waals surface area contributed by atoms with Crippen molar-refractivity contribution in [3.8, 4) is 0 Å². The maximum Gasteiger partial charge on any atom is 0.310 e. The molecule has 134 valence electrons. The SMILES string of the molecule is CC(O)C(C)OC(=O)[C@@H]1CC2c3cccc4[nH]cc(c34)CC2N(C)C1. The van der Waals surface area contributed by atoms with Crippen molar-refractivity contribution in [2.45, 2.75) is 50.9 Å². The van der Waals surface area contributed by atoms with E-state index in [1.54, 1.807) is 13.8 Å². The Hall–Kier alpha value is -1.85. The molecule has 5 heteroatoms. The fourth-order valence-corrected chi connectivity index (χ4v) is 4.49. The molecule has 1 saturated heterocycles. The normalized spacial score (nSPS) is 28.4. The Kier molecular flexibility index (Phi) is 4.08. The van der Waals surface area contributed by atoms with Gasteiger partial charge in [0.05, 0.1) is 12.0 Å². The Labute approximate surface area is 148 Å². The third kappa shape index (κ3) is 2.75. The first-order valence-electron chi connectivity index (χ1n) is 9.13. The Balaban J connectivity index is 1.62. The number of hydrogen-bond acceptors (Lipinski definition) is 4. The minimum atomic E-state index is -0.649. The summed E-state index contributed by atoms with van der Waals surface area (Å²) in [5.41, 5.74) is 3.90. The lowest BCUT2D eigenvalue weighted by molar-refractivity contribution is -0.160. The molecule has 2 aromatic rings. The molecule has 0 spiro atoms. The average molecular weight is 342 g/mol. The maximum absolute atomic E-state index is 12.6. The van der Waals surface area contributed by atoms with Crippen molar-refractivity contribution >= 4 is 16.9 Å². The van der Waals surface area contributed by atoms with E-state index in [1.165, 1.54) is 22.0 Å². The molecular formula is C20H26N2O3. The third-order valence-corrected chi connectivity index (χ3v) is 6.04. The van der Waals surface area contributed by atoms with Crippen molar-refractivity contribution in [3.63, 3.8) is 0 Å². The second kappa shape index (κ2) is 6.15. The van der Waals surface area contributed by atoms with Gasteiger partial charge >= 0.3 is 5.97 Å². The molecule has 0 bridgehead atoms. The number of aromatic amines is 1. The van der Waals surface area contributed by atoms with E-state index in [4.69, 9.17) is 4.74 Å². The molecule has 1 aliphatic heterocycles. The van der Waals surface area contributed by atoms with Gasteiger partial charge in [-0.1, -0.05) is 12.1 Å². The number of ether oxygens (including phenoxy) is 1. The summed E-state index contributed by atoms with van der Waals surface area (Å²) in [4.78, 5) is 18.3. The van der Waals surface area contributed by atoms with Gasteiger partial charge in [-0.25, -0.2) is 0 Å². The van der Waals surface area contributed by atoms with Gasteiger partial charge in [-0.3, -0.25) is 4.79 Å². The average Bonchev–Trinajstić information content (AvgIpc) is 3.00. The number of piperidine rings is 1. The van der Waals surface area contributed by atoms with Gasteiger partial charge in [-0.2, -0.15) is 0 Å². The predicted octanol–water partition coefficient (Wildman–Crippen LogP) is 2.44. The number of benzene rings is 1. The monoisotopic (exact) mass is 342 g/mol. The van der Waals surface area contributed by atoms with Crippen molar-refractivity contribution in [1.29, 1.82) is 0 Å². The van der Waals surface area contributed by atoms with Crippen molar-refractivity contribution in [2.75, 3.05) is 13.6 Å². The number of esters is 1. The van der Waals surface area contributed by atoms with Gasteiger partial charge in [0.15, 0.2) is 0 Å². The van der Waals surface area contributed by atoms with Crippen LogP contribution in [0, 0.1) is 5.92 Å². The molecule has 0 radical (unpaired) electrons. The van der Waals surface area contributed by atoms with Crippen molar-refractivity contribution < 1.29 is 14.6 Å². The van der Waals surface area contributed by atoms with E-state index < -0.39 is 12.2 Å². The van der Waals surface area contributed by atoms with E-state index in [9.17, 15) is 9.90 Å². The summed E-state index contributed by atoms with van der Waals surface area (Å²) in [6.45, 7) is 4.10. The van der Waals surface area contributed by atoms with Gasteiger partial charge in [0.1, 0.15) is 6.10 Å². The lowest BCUT2D eigenvalue weighted by Crippen LogP contribution is -2.50. The van der Waals surface area contributed by atoms with Crippen LogP contribution < -0.4 is 0 Å². The summed E-state index contributed by atoms with van der Waals surface area (Å²) in [6.07, 6.45) is 2.84. The highest BCUT2D eigenvalue weighted by Gasteiger charge is 2.42. The van der Waals surface area contributed by atoms with E-state index in [2.05, 4.69) is 41.3 Å². The van der Waals surface area contributed by atoms with Crippen LogP contribution >= 0.6 is 0 Å². The zero-order chi connectivity index (χ0) is 17.7. The molecule has 0 saturated carbocycles. The highest BCUT2D eigenvalue weighted by atomic mass is 16.6. The molecule has 2 heterocycles. The van der Waals surface area contributed by atoms with E-state index in [0.29, 0.717) is 18.5 Å². The highest BCUT2D eigenvalue weighted by Crippen LogP contribution is 2.44. The molecule has 4 unspecified atom stereocenters. The number of likely N-dealkylation sites (N-methyl/N-ethyl adjacent to an activating group) is 1. The summed E-state index contributed by atoms with van der Waals surface area (Å²) >= 11 is 0. The van der Waals surface area contributed by atoms with Crippen molar-refractivity contribution in [3.05, 3.63) is 35.5 Å². The summed E-state index contributed by atoms with van der Waals surface area (Å²) in [7, 11) is 2.10. The minimum Gasteiger partial charge on any atom is -0.460 e. The number of nitrogens with zero attached hydrogens (tertiary/aromatic N) is 1. The van der Waals surface area contributed by atoms with Crippen LogP contribution in [-0.2, 0) is 16.0 Å². The molecule has 1 fully saturated rings. The van der Waals surface area contributed by atoms with Crippen molar-refractivity contribution in [2.24, 2.45) is 5.92 Å². The Bertz CT molecular complexity index is 797. The Morgan fingerprint density at radius 3 is 2.96 bits per heavy atom. The van der Waals surface area contributed by atoms with Gasteiger partial charge in [0.25, 0.3) is 0 Å². The van der Waals surface area contributed by atoms with Crippen LogP contribution in [0.4, 0.5) is 0 Å². The van der Waals surface area contributed by atoms with Gasteiger partial charge in [-0.05, 0) is 50.9 Å². The maximum atomic E-state index is 12.6. The number of fused-ring (bicyclic) bond motifs is 2. The molecule has 1 aromatic carbocycles. The molecule has 5 nitrogen and oxygen atoms in total. The summed E-state index contributed by atoms with van der Waals surface area (Å²) < 4.78 is 5.49. The Morgan fingerprint density at radius 2 is 2.20 bits per heavy atom. The second-order valence-electron chi connectivity index (χ2n) is 7.72. The molecule has 2 N–H and O–H groups in total. The van der Waals surface area contributed by atoms with E-state index in [0.717, 1.165) is 12.8 Å². The number of hydrogen-bond donors (Lipinski definition) is 2. The topological polar surface area (TPSA) is 65.6 Å². The smallest absolute Gasteiger partial charge is 0.310 e. The molecule has 2 aliphatic rings. The fraction of sp³-hybridized carbons (Fsp3) is 0.550. The molecule has 1 aliphatic carbocycles. The van der Waals surface area contributed by atoms with Gasteiger partial charge in [0, 0.05) is 35.6 Å². The standard InChI is InChI=1S/C20H26N2O3/c1-11(23)12(2)25-20(24)14-7-16-15-5-4-6-17-19(15)13(9-21-17)8-18(16)22(3)10-14/h4-6,9,11-12,14,16,18,21,23H,7-8,10H2,1-3H3/t11?,12?,14-,16?,18?/m1/s1. The van der Waals surface area contributed by atoms with Gasteiger partial charge in [-0.15, -0.1) is 0 Å². The van der Waals surface area contributed by atoms with E-state index in [1.807, 2.05) is 0 Å². The number of aromatic nitrogens is 1. The third-order valence-electron chi connectivity index (χ3n) is 6.04. The molecule has 0 amide bonds. The van der Waals surface area contributed by atoms with Crippen LogP contribution in [-0.4, -0.2) is 52.8 Å². The fourth-order valence-electron chi connectivity index (χ4n) is 4.49. The number of nitrogens with one attached hydrogen (secondary N) is 1. The van der Waals surface area contributed by atoms with Crippen molar-refractivity contribution in [1.82, 2.24) is 9.88 Å². The number of likely N-dealkylation sites (tertiary alicyclic amines) is 1. The molecular weight excluding hydrogens is 316 g/mol. The molecule has 25 heavy (non-hydrogen) atoms. The molecule has 4 rings (SSSR count). The van der Waals surface area contributed by atoms with Crippen LogP contribution in [0.15, 0.2) is 24.4 Å². The lowest BCUT2D eigenvalue weighted by Gasteiger charge is -2.45. The zero-order valence-corrected chi connectivity index (χ0v) is 15.0. The van der Waals surface area contributed by atoms with E-state index >= 15 is 0 Å². The molecule has 1 aromatic heterocycles. The summed E-state index contributed by atoms with van der Waals surface area (Å²) in [6, 6.07) is 6.84. The van der Waals surface area contributed by atoms with Gasteiger partial charge < -0.3 is 19.7 Å². The van der Waals surface area contributed by atoms with Crippen LogP contribution in [0.25, 0.3) is 10.9 Å². The second-order valence-corrected chi connectivity index (χ2v) is 7.72. The van der Waals surface area contributed by atoms with Gasteiger partial charge in [0.2, 0.25) is 0 Å². The van der Waals surface area contributed by atoms with Crippen LogP contribution in [0.3, 0.4) is 0 Å². The largest absolute Gasteiger partial charge is 0.460 e. The first kappa shape index (κ1) is 16.6. The zero-order valence-electron chi connectivity index (χ0n) is 15.0. The summed E-state index contributed by atoms with van der Waals surface area (Å²) in [5, 5.41) is 10.9. The van der Waals surface area contributed by atoms with Crippen LogP contribution in [0.5, 0.6) is 0 Å². The minimum absolute atomic E-state index is 0.150. The lowest BCUT2D eigenvalue weighted by atomic mass is 9.72. The first-order chi connectivity index (χ1) is 12.0. The number of aliphatic hydroxyl groups excluding tert-OH is 1. The quantitative estimate of drug-likeness (QED) is 0.841. The van der Waals surface area contributed by atoms with E-state index in [-0.39, 0.29) is 11.9 Å².